The van der Waals surface area contributed by atoms with Crippen LogP contribution in [0.2, 0.25) is 0 Å². The largest absolute Gasteiger partial charge is 0.493 e. The van der Waals surface area contributed by atoms with Crippen molar-refractivity contribution in [1.82, 2.24) is 5.01 Å². The van der Waals surface area contributed by atoms with E-state index in [-0.39, 0.29) is 10.7 Å². The molecule has 1 fully saturated rings. The molecule has 34 heavy (non-hydrogen) atoms. The van der Waals surface area contributed by atoms with Gasteiger partial charge in [0.1, 0.15) is 12.1 Å². The van der Waals surface area contributed by atoms with Gasteiger partial charge in [-0.25, -0.2) is 0 Å². The first-order chi connectivity index (χ1) is 16.5. The van der Waals surface area contributed by atoms with Gasteiger partial charge in [0.2, 0.25) is 6.04 Å². The fourth-order valence-electron chi connectivity index (χ4n) is 5.12. The number of nitrogens with zero attached hydrogens (tertiary/aromatic N) is 3. The summed E-state index contributed by atoms with van der Waals surface area (Å²) in [5, 5.41) is 18.8. The number of methoxy groups -OCH3 is 2. The zero-order valence-corrected chi connectivity index (χ0v) is 18.7. The third-order valence-electron chi connectivity index (χ3n) is 6.61. The number of carbonyl (C=O) groups is 1. The average Bonchev–Trinajstić information content (AvgIpc) is 3.24. The van der Waals surface area contributed by atoms with E-state index in [0.29, 0.717) is 22.6 Å². The van der Waals surface area contributed by atoms with E-state index in [1.165, 1.54) is 14.2 Å². The summed E-state index contributed by atoms with van der Waals surface area (Å²) in [6.45, 7) is 0. The Morgan fingerprint density at radius 3 is 2.38 bits per heavy atom. The van der Waals surface area contributed by atoms with E-state index in [4.69, 9.17) is 9.47 Å². The van der Waals surface area contributed by atoms with Crippen molar-refractivity contribution in [3.8, 4) is 11.5 Å². The minimum atomic E-state index is -1.10. The van der Waals surface area contributed by atoms with Crippen LogP contribution in [0.1, 0.15) is 39.0 Å². The van der Waals surface area contributed by atoms with Crippen LogP contribution < -0.4 is 9.47 Å². The van der Waals surface area contributed by atoms with Crippen LogP contribution in [0.25, 0.3) is 0 Å². The van der Waals surface area contributed by atoms with Crippen molar-refractivity contribution >= 4 is 12.0 Å². The van der Waals surface area contributed by atoms with Gasteiger partial charge in [-0.05, 0) is 23.3 Å². The van der Waals surface area contributed by atoms with Gasteiger partial charge in [-0.3, -0.25) is 19.9 Å². The Hall–Kier alpha value is -4.20. The molecule has 8 nitrogen and oxygen atoms in total. The minimum Gasteiger partial charge on any atom is -0.493 e. The molecule has 3 aromatic carbocycles. The average molecular weight is 457 g/mol. The summed E-state index contributed by atoms with van der Waals surface area (Å²) in [5.74, 6) is -0.0298. The van der Waals surface area contributed by atoms with Crippen molar-refractivity contribution in [2.24, 2.45) is 5.10 Å². The monoisotopic (exact) mass is 457 g/mol. The number of hydrazone groups is 1. The number of hydrogen-bond acceptors (Lipinski definition) is 7. The third kappa shape index (κ3) is 3.39. The second kappa shape index (κ2) is 8.62. The highest BCUT2D eigenvalue weighted by molar-refractivity contribution is 6.01. The lowest BCUT2D eigenvalue weighted by Gasteiger charge is -2.30. The number of ether oxygens (including phenoxy) is 2. The van der Waals surface area contributed by atoms with Crippen LogP contribution in [0.3, 0.4) is 0 Å². The van der Waals surface area contributed by atoms with Crippen molar-refractivity contribution in [3.05, 3.63) is 105 Å². The first-order valence-electron chi connectivity index (χ1n) is 10.9. The van der Waals surface area contributed by atoms with Crippen LogP contribution >= 0.6 is 0 Å². The highest BCUT2D eigenvalue weighted by Crippen LogP contribution is 2.50. The van der Waals surface area contributed by atoms with Gasteiger partial charge in [-0.15, -0.1) is 0 Å². The summed E-state index contributed by atoms with van der Waals surface area (Å²) in [7, 11) is 3.04. The first kappa shape index (κ1) is 21.6. The van der Waals surface area contributed by atoms with Gasteiger partial charge in [0, 0.05) is 16.1 Å². The van der Waals surface area contributed by atoms with Crippen molar-refractivity contribution in [1.29, 1.82) is 0 Å². The molecule has 0 N–H and O–H groups in total. The van der Waals surface area contributed by atoms with E-state index in [0.717, 1.165) is 11.1 Å². The predicted octanol–water partition coefficient (Wildman–Crippen LogP) is 4.09. The van der Waals surface area contributed by atoms with Crippen molar-refractivity contribution in [2.75, 3.05) is 14.2 Å². The fourth-order valence-corrected chi connectivity index (χ4v) is 5.12. The Balaban J connectivity index is 1.72. The Labute approximate surface area is 196 Å². The number of benzene rings is 3. The number of Topliss-reactive ketones (excluding diaryl/α,β-unsaturated/α-hetero) is 1. The summed E-state index contributed by atoms with van der Waals surface area (Å²) in [6, 6.07) is 18.9. The maximum atomic E-state index is 13.8. The lowest BCUT2D eigenvalue weighted by molar-refractivity contribution is -0.529. The fraction of sp³-hybridized carbons (Fsp3) is 0.231. The van der Waals surface area contributed by atoms with E-state index in [2.05, 4.69) is 5.10 Å². The van der Waals surface area contributed by atoms with Gasteiger partial charge in [-0.1, -0.05) is 60.7 Å². The quantitative estimate of drug-likeness (QED) is 0.314. The SMILES string of the molecule is COc1ccc([C@H]2[C@@H]([N+](=O)[O-])[C@@H]3c4ccccc4C=NN3[C@H]2C(=O)c2ccccc2)cc1OC. The van der Waals surface area contributed by atoms with Crippen molar-refractivity contribution in [2.45, 2.75) is 24.0 Å². The zero-order chi connectivity index (χ0) is 23.8. The molecule has 8 heteroatoms. The van der Waals surface area contributed by atoms with Gasteiger partial charge in [0.05, 0.1) is 26.4 Å². The normalized spacial score (nSPS) is 22.6. The second-order valence-electron chi connectivity index (χ2n) is 8.29. The molecule has 5 rings (SSSR count). The molecule has 4 atom stereocenters. The van der Waals surface area contributed by atoms with Gasteiger partial charge in [-0.2, -0.15) is 5.10 Å². The van der Waals surface area contributed by atoms with E-state index in [1.807, 2.05) is 30.3 Å². The smallest absolute Gasteiger partial charge is 0.248 e. The molecule has 0 aromatic heterocycles. The van der Waals surface area contributed by atoms with E-state index < -0.39 is 24.0 Å². The number of nitro groups is 1. The molecule has 2 heterocycles. The molecule has 2 aliphatic rings. The van der Waals surface area contributed by atoms with Crippen LogP contribution in [0, 0.1) is 10.1 Å². The highest BCUT2D eigenvalue weighted by Gasteiger charge is 2.60. The number of hydrogen-bond donors (Lipinski definition) is 0. The summed E-state index contributed by atoms with van der Waals surface area (Å²) in [4.78, 5) is 26.2. The van der Waals surface area contributed by atoms with E-state index in [1.54, 1.807) is 53.7 Å². The lowest BCUT2D eigenvalue weighted by Crippen LogP contribution is -2.38. The van der Waals surface area contributed by atoms with Gasteiger partial charge in [0.25, 0.3) is 0 Å². The molecule has 1 saturated heterocycles. The molecule has 172 valence electrons. The Morgan fingerprint density at radius 2 is 1.68 bits per heavy atom. The summed E-state index contributed by atoms with van der Waals surface area (Å²) < 4.78 is 10.8. The van der Waals surface area contributed by atoms with Crippen LogP contribution in [-0.4, -0.2) is 48.2 Å². The maximum Gasteiger partial charge on any atom is 0.248 e. The van der Waals surface area contributed by atoms with Crippen LogP contribution in [-0.2, 0) is 0 Å². The van der Waals surface area contributed by atoms with Crippen LogP contribution in [0.4, 0.5) is 0 Å². The summed E-state index contributed by atoms with van der Waals surface area (Å²) in [5.41, 5.74) is 2.70. The Morgan fingerprint density at radius 1 is 0.971 bits per heavy atom. The molecule has 0 bridgehead atoms. The van der Waals surface area contributed by atoms with Gasteiger partial charge < -0.3 is 9.47 Å². The number of ketones is 1. The molecular weight excluding hydrogens is 434 g/mol. The third-order valence-corrected chi connectivity index (χ3v) is 6.61. The van der Waals surface area contributed by atoms with Gasteiger partial charge >= 0.3 is 0 Å². The number of rotatable bonds is 6. The molecule has 0 saturated carbocycles. The first-order valence-corrected chi connectivity index (χ1v) is 10.9. The highest BCUT2D eigenvalue weighted by atomic mass is 16.6. The topological polar surface area (TPSA) is 94.3 Å². The minimum absolute atomic E-state index is 0.216. The predicted molar refractivity (Wildman–Crippen MR) is 126 cm³/mol. The summed E-state index contributed by atoms with van der Waals surface area (Å²) in [6.07, 6.45) is 1.67. The standard InChI is InChI=1S/C26H23N3O5/c1-33-20-13-12-17(14-21(20)34-2)22-24(29(31)32)23-19-11-7-6-10-18(19)15-27-28(23)25(22)26(30)16-8-4-3-5-9-16/h3-15,22-25H,1-2H3/t22-,23-,24+,25+/m0/s1. The zero-order valence-electron chi connectivity index (χ0n) is 18.7. The van der Waals surface area contributed by atoms with Crippen LogP contribution in [0.5, 0.6) is 11.5 Å². The van der Waals surface area contributed by atoms with Crippen molar-refractivity contribution in [3.63, 3.8) is 0 Å². The molecular formula is C26H23N3O5. The molecule has 0 unspecified atom stereocenters. The molecule has 0 spiro atoms. The van der Waals surface area contributed by atoms with Crippen LogP contribution in [0.15, 0.2) is 77.9 Å². The van der Waals surface area contributed by atoms with E-state index >= 15 is 0 Å². The number of fused-ring (bicyclic) bond motifs is 3. The van der Waals surface area contributed by atoms with E-state index in [9.17, 15) is 14.9 Å². The molecule has 0 aliphatic carbocycles. The molecule has 3 aromatic rings. The molecule has 0 amide bonds. The Kier molecular flexibility index (Phi) is 5.49. The molecule has 0 radical (unpaired) electrons. The van der Waals surface area contributed by atoms with Crippen molar-refractivity contribution < 1.29 is 19.2 Å². The number of carbonyl (C=O) groups excluding carboxylic acids is 1. The second-order valence-corrected chi connectivity index (χ2v) is 8.29. The Bertz CT molecular complexity index is 1280. The summed E-state index contributed by atoms with van der Waals surface area (Å²) >= 11 is 0. The molecule has 2 aliphatic heterocycles. The maximum absolute atomic E-state index is 13.8. The van der Waals surface area contributed by atoms with Gasteiger partial charge in [0.15, 0.2) is 17.3 Å². The lowest BCUT2D eigenvalue weighted by atomic mass is 9.82.